The van der Waals surface area contributed by atoms with Crippen molar-refractivity contribution in [2.45, 2.75) is 70.9 Å². The van der Waals surface area contributed by atoms with Crippen LogP contribution < -0.4 is 4.74 Å². The van der Waals surface area contributed by atoms with E-state index in [1.165, 1.54) is 5.56 Å². The van der Waals surface area contributed by atoms with Crippen molar-refractivity contribution in [3.63, 3.8) is 0 Å². The minimum absolute atomic E-state index is 0.0820. The quantitative estimate of drug-likeness (QED) is 0.172. The molecule has 234 valence electrons. The van der Waals surface area contributed by atoms with Gasteiger partial charge in [0.05, 0.1) is 5.56 Å². The maximum absolute atomic E-state index is 11.6. The number of carboxylic acids is 2. The van der Waals surface area contributed by atoms with E-state index in [0.29, 0.717) is 6.61 Å². The first-order valence-corrected chi connectivity index (χ1v) is 15.7. The first-order valence-electron chi connectivity index (χ1n) is 15.7. The van der Waals surface area contributed by atoms with Crippen LogP contribution in [0.5, 0.6) is 5.75 Å². The average molecular weight is 607 g/mol. The Hall–Kier alpha value is -4.49. The summed E-state index contributed by atoms with van der Waals surface area (Å²) in [5.41, 5.74) is 7.05. The zero-order valence-corrected chi connectivity index (χ0v) is 26.3. The minimum atomic E-state index is -1.01. The van der Waals surface area contributed by atoms with E-state index < -0.39 is 11.9 Å². The highest BCUT2D eigenvalue weighted by Gasteiger charge is 2.28. The molecule has 7 nitrogen and oxygen atoms in total. The predicted octanol–water partition coefficient (Wildman–Crippen LogP) is 7.52. The summed E-state index contributed by atoms with van der Waals surface area (Å²) in [6, 6.07) is 27.5. The summed E-state index contributed by atoms with van der Waals surface area (Å²) in [5, 5.41) is 18.8. The minimum Gasteiger partial charge on any atom is -0.489 e. The van der Waals surface area contributed by atoms with Crippen molar-refractivity contribution < 1.29 is 24.5 Å². The molecule has 0 radical (unpaired) electrons. The van der Waals surface area contributed by atoms with Crippen LogP contribution in [0.3, 0.4) is 0 Å². The summed E-state index contributed by atoms with van der Waals surface area (Å²) < 4.78 is 6.35. The third-order valence-electron chi connectivity index (χ3n) is 8.66. The Balaban J connectivity index is 1.33. The van der Waals surface area contributed by atoms with Gasteiger partial charge in [-0.1, -0.05) is 81.4 Å². The van der Waals surface area contributed by atoms with Gasteiger partial charge in [-0.3, -0.25) is 4.90 Å². The fourth-order valence-electron chi connectivity index (χ4n) is 6.02. The van der Waals surface area contributed by atoms with Crippen molar-refractivity contribution in [3.05, 3.63) is 130 Å². The number of fused-ring (bicyclic) bond motifs is 1. The normalized spacial score (nSPS) is 14.6. The van der Waals surface area contributed by atoms with Gasteiger partial charge in [0, 0.05) is 24.8 Å². The standard InChI is InChI=1S/C38H42N2O5/c1-38(2,3)30-17-13-27(14-18-30)25-45-35-10-5-4-7-28(35)22-24-40(23-21-26-11-15-29(16-12-26)36(41)42)34-9-6-8-32-31(34)19-20-33(39-32)37(43)44/h4-5,7,10-20,34H,6,8-9,21-25H2,1-3H3,(H,41,42)(H,43,44). The maximum Gasteiger partial charge on any atom is 0.354 e. The molecule has 45 heavy (non-hydrogen) atoms. The lowest BCUT2D eigenvalue weighted by atomic mass is 9.87. The molecular formula is C38H42N2O5. The molecule has 3 aromatic carbocycles. The van der Waals surface area contributed by atoms with Gasteiger partial charge in [0.2, 0.25) is 0 Å². The zero-order valence-electron chi connectivity index (χ0n) is 26.3. The number of benzene rings is 3. The second-order valence-corrected chi connectivity index (χ2v) is 12.8. The number of hydrogen-bond donors (Lipinski definition) is 2. The molecule has 1 aromatic heterocycles. The Morgan fingerprint density at radius 1 is 0.844 bits per heavy atom. The summed E-state index contributed by atoms with van der Waals surface area (Å²) in [6.45, 7) is 8.67. The summed E-state index contributed by atoms with van der Waals surface area (Å²) in [5.74, 6) is -1.07. The van der Waals surface area contributed by atoms with Crippen LogP contribution in [0.4, 0.5) is 0 Å². The number of aromatic carboxylic acids is 2. The van der Waals surface area contributed by atoms with Crippen LogP contribution in [0, 0.1) is 0 Å². The number of hydrogen-bond acceptors (Lipinski definition) is 5. The van der Waals surface area contributed by atoms with Crippen LogP contribution in [0.1, 0.15) is 94.0 Å². The maximum atomic E-state index is 11.6. The van der Waals surface area contributed by atoms with E-state index in [1.54, 1.807) is 18.2 Å². The molecule has 0 bridgehead atoms. The van der Waals surface area contributed by atoms with Crippen LogP contribution >= 0.6 is 0 Å². The molecule has 0 saturated carbocycles. The van der Waals surface area contributed by atoms with Crippen LogP contribution in [0.2, 0.25) is 0 Å². The summed E-state index contributed by atoms with van der Waals surface area (Å²) in [7, 11) is 0. The number of ether oxygens (including phenoxy) is 1. The Labute approximate surface area is 265 Å². The predicted molar refractivity (Wildman–Crippen MR) is 175 cm³/mol. The number of para-hydroxylation sites is 1. The van der Waals surface area contributed by atoms with Gasteiger partial charge in [-0.15, -0.1) is 0 Å². The van der Waals surface area contributed by atoms with Gasteiger partial charge in [-0.2, -0.15) is 0 Å². The number of nitrogens with zero attached hydrogens (tertiary/aromatic N) is 2. The van der Waals surface area contributed by atoms with E-state index in [-0.39, 0.29) is 22.7 Å². The van der Waals surface area contributed by atoms with Crippen LogP contribution in [0.15, 0.2) is 84.9 Å². The molecule has 1 heterocycles. The molecule has 0 amide bonds. The van der Waals surface area contributed by atoms with Gasteiger partial charge >= 0.3 is 11.9 Å². The Morgan fingerprint density at radius 2 is 1.53 bits per heavy atom. The van der Waals surface area contributed by atoms with Crippen molar-refractivity contribution in [3.8, 4) is 5.75 Å². The second kappa shape index (κ2) is 14.1. The Kier molecular flexibility index (Phi) is 9.99. The molecular weight excluding hydrogens is 564 g/mol. The van der Waals surface area contributed by atoms with Crippen molar-refractivity contribution >= 4 is 11.9 Å². The van der Waals surface area contributed by atoms with Crippen LogP contribution in [-0.4, -0.2) is 45.1 Å². The number of carbonyl (C=O) groups is 2. The molecule has 4 aromatic rings. The highest BCUT2D eigenvalue weighted by atomic mass is 16.5. The van der Waals surface area contributed by atoms with E-state index in [1.807, 2.05) is 36.4 Å². The molecule has 1 aliphatic carbocycles. The molecule has 5 rings (SSSR count). The van der Waals surface area contributed by atoms with Crippen LogP contribution in [-0.2, 0) is 31.3 Å². The summed E-state index contributed by atoms with van der Waals surface area (Å²) in [6.07, 6.45) is 4.20. The fraction of sp³-hybridized carbons (Fsp3) is 0.342. The van der Waals surface area contributed by atoms with Crippen molar-refractivity contribution in [1.82, 2.24) is 9.88 Å². The highest BCUT2D eigenvalue weighted by Crippen LogP contribution is 2.34. The van der Waals surface area contributed by atoms with Gasteiger partial charge in [-0.05, 0) is 89.6 Å². The number of pyridine rings is 1. The van der Waals surface area contributed by atoms with E-state index in [9.17, 15) is 19.8 Å². The van der Waals surface area contributed by atoms with Crippen molar-refractivity contribution in [2.24, 2.45) is 0 Å². The fourth-order valence-corrected chi connectivity index (χ4v) is 6.02. The second-order valence-electron chi connectivity index (χ2n) is 12.8. The summed E-state index contributed by atoms with van der Waals surface area (Å²) in [4.78, 5) is 29.9. The largest absolute Gasteiger partial charge is 0.489 e. The molecule has 1 atom stereocenters. The van der Waals surface area contributed by atoms with Gasteiger partial charge < -0.3 is 14.9 Å². The van der Waals surface area contributed by atoms with Gasteiger partial charge in [0.25, 0.3) is 0 Å². The molecule has 1 unspecified atom stereocenters. The van der Waals surface area contributed by atoms with E-state index in [2.05, 4.69) is 61.0 Å². The molecule has 0 saturated heterocycles. The number of aromatic nitrogens is 1. The average Bonchev–Trinajstić information content (AvgIpc) is 3.03. The molecule has 1 aliphatic rings. The lowest BCUT2D eigenvalue weighted by Crippen LogP contribution is -2.35. The summed E-state index contributed by atoms with van der Waals surface area (Å²) >= 11 is 0. The smallest absolute Gasteiger partial charge is 0.354 e. The number of carboxylic acid groups (broad SMARTS) is 2. The van der Waals surface area contributed by atoms with E-state index >= 15 is 0 Å². The highest BCUT2D eigenvalue weighted by molar-refractivity contribution is 5.87. The SMILES string of the molecule is CC(C)(C)c1ccc(COc2ccccc2CCN(CCc2ccc(C(=O)O)cc2)C2CCCc3nc(C(=O)O)ccc32)cc1. The third kappa shape index (κ3) is 8.17. The monoisotopic (exact) mass is 606 g/mol. The lowest BCUT2D eigenvalue weighted by molar-refractivity contribution is 0.0682. The first kappa shape index (κ1) is 31.9. The molecule has 0 aliphatic heterocycles. The molecule has 0 spiro atoms. The third-order valence-corrected chi connectivity index (χ3v) is 8.66. The Bertz CT molecular complexity index is 1620. The van der Waals surface area contributed by atoms with Crippen molar-refractivity contribution in [2.75, 3.05) is 13.1 Å². The van der Waals surface area contributed by atoms with Gasteiger partial charge in [0.1, 0.15) is 18.1 Å². The van der Waals surface area contributed by atoms with Crippen molar-refractivity contribution in [1.29, 1.82) is 0 Å². The van der Waals surface area contributed by atoms with E-state index in [0.717, 1.165) is 78.9 Å². The number of aryl methyl sites for hydroxylation is 1. The van der Waals surface area contributed by atoms with Crippen LogP contribution in [0.25, 0.3) is 0 Å². The lowest BCUT2D eigenvalue weighted by Gasteiger charge is -2.36. The zero-order chi connectivity index (χ0) is 32.0. The van der Waals surface area contributed by atoms with Gasteiger partial charge in [-0.25, -0.2) is 14.6 Å². The Morgan fingerprint density at radius 3 is 2.22 bits per heavy atom. The topological polar surface area (TPSA) is 100.0 Å². The number of rotatable bonds is 12. The molecule has 0 fully saturated rings. The van der Waals surface area contributed by atoms with Gasteiger partial charge in [0.15, 0.2) is 0 Å². The molecule has 2 N–H and O–H groups in total. The molecule has 7 heteroatoms. The first-order chi connectivity index (χ1) is 21.6. The van der Waals surface area contributed by atoms with E-state index in [4.69, 9.17) is 4.74 Å².